The van der Waals surface area contributed by atoms with Gasteiger partial charge >= 0.3 is 6.18 Å². The molecule has 0 aliphatic carbocycles. The number of aryl methyl sites for hydroxylation is 2. The maximum absolute atomic E-state index is 14.0. The quantitative estimate of drug-likeness (QED) is 0.489. The minimum atomic E-state index is -4.75. The van der Waals surface area contributed by atoms with Gasteiger partial charge in [-0.15, -0.1) is 0 Å². The van der Waals surface area contributed by atoms with Crippen LogP contribution in [-0.4, -0.2) is 21.9 Å². The molecule has 0 bridgehead atoms. The Morgan fingerprint density at radius 2 is 1.67 bits per heavy atom. The van der Waals surface area contributed by atoms with Crippen LogP contribution >= 0.6 is 0 Å². The van der Waals surface area contributed by atoms with Crippen LogP contribution in [0.2, 0.25) is 0 Å². The zero-order valence-corrected chi connectivity index (χ0v) is 18.2. The van der Waals surface area contributed by atoms with Crippen molar-refractivity contribution in [2.24, 2.45) is 0 Å². The summed E-state index contributed by atoms with van der Waals surface area (Å²) in [5, 5.41) is 11.4. The molecule has 0 saturated heterocycles. The highest BCUT2D eigenvalue weighted by Crippen LogP contribution is 2.41. The Kier molecular flexibility index (Phi) is 7.64. The molecule has 2 aromatic carbocycles. The predicted octanol–water partition coefficient (Wildman–Crippen LogP) is 6.91. The van der Waals surface area contributed by atoms with Gasteiger partial charge in [0.05, 0.1) is 5.52 Å². The number of benzene rings is 2. The van der Waals surface area contributed by atoms with Crippen LogP contribution in [0.3, 0.4) is 0 Å². The third kappa shape index (κ3) is 5.20. The van der Waals surface area contributed by atoms with Crippen molar-refractivity contribution in [2.75, 3.05) is 0 Å². The van der Waals surface area contributed by atoms with Crippen molar-refractivity contribution in [3.8, 4) is 0 Å². The van der Waals surface area contributed by atoms with Crippen LogP contribution < -0.4 is 0 Å². The molecule has 2 atom stereocenters. The lowest BCUT2D eigenvalue weighted by Crippen LogP contribution is -2.48. The van der Waals surface area contributed by atoms with E-state index in [-0.39, 0.29) is 0 Å². The third-order valence-electron chi connectivity index (χ3n) is 5.36. The van der Waals surface area contributed by atoms with Crippen molar-refractivity contribution in [3.63, 3.8) is 0 Å². The number of hydrogen-bond acceptors (Lipinski definition) is 2. The maximum Gasteiger partial charge on any atom is 0.417 e. The average Bonchev–Trinajstić information content (AvgIpc) is 2.70. The molecular formula is C25H30F3NO. The van der Waals surface area contributed by atoms with E-state index < -0.39 is 30.5 Å². The molecular weight excluding hydrogens is 387 g/mol. The second kappa shape index (κ2) is 9.61. The van der Waals surface area contributed by atoms with Gasteiger partial charge in [-0.3, -0.25) is 4.98 Å². The fourth-order valence-corrected chi connectivity index (χ4v) is 3.82. The number of hydrogen-bond donors (Lipinski definition) is 1. The fourth-order valence-electron chi connectivity index (χ4n) is 3.82. The largest absolute Gasteiger partial charge is 0.417 e. The summed E-state index contributed by atoms with van der Waals surface area (Å²) in [6.07, 6.45) is -4.17. The molecule has 3 aromatic rings. The number of rotatable bonds is 5. The molecule has 5 heteroatoms. The maximum atomic E-state index is 14.0. The van der Waals surface area contributed by atoms with Crippen molar-refractivity contribution in [2.45, 2.75) is 65.2 Å². The average molecular weight is 418 g/mol. The Morgan fingerprint density at radius 1 is 1.00 bits per heavy atom. The third-order valence-corrected chi connectivity index (χ3v) is 5.36. The molecule has 0 spiro atoms. The van der Waals surface area contributed by atoms with Crippen LogP contribution in [0.5, 0.6) is 0 Å². The van der Waals surface area contributed by atoms with Crippen molar-refractivity contribution in [1.82, 2.24) is 4.98 Å². The molecule has 0 aliphatic rings. The van der Waals surface area contributed by atoms with Crippen molar-refractivity contribution in [3.05, 3.63) is 77.0 Å². The van der Waals surface area contributed by atoms with Crippen molar-refractivity contribution >= 4 is 10.9 Å². The number of aliphatic hydroxyl groups is 1. The highest BCUT2D eigenvalue weighted by molar-refractivity contribution is 5.81. The first-order valence-electron chi connectivity index (χ1n) is 10.3. The predicted molar refractivity (Wildman–Crippen MR) is 117 cm³/mol. The molecule has 1 aromatic heterocycles. The Hall–Kier alpha value is -2.40. The van der Waals surface area contributed by atoms with E-state index >= 15 is 0 Å². The van der Waals surface area contributed by atoms with Crippen LogP contribution in [0.15, 0.2) is 54.7 Å². The smallest absolute Gasteiger partial charge is 0.380 e. The second-order valence-corrected chi connectivity index (χ2v) is 7.66. The van der Waals surface area contributed by atoms with E-state index in [1.54, 1.807) is 37.3 Å². The van der Waals surface area contributed by atoms with Gasteiger partial charge in [-0.1, -0.05) is 62.7 Å². The molecule has 0 fully saturated rings. The summed E-state index contributed by atoms with van der Waals surface area (Å²) in [4.78, 5) is 4.20. The molecule has 0 saturated carbocycles. The molecule has 0 amide bonds. The van der Waals surface area contributed by atoms with E-state index in [4.69, 9.17) is 0 Å². The number of pyridine rings is 1. The zero-order valence-electron chi connectivity index (χ0n) is 18.2. The Bertz CT molecular complexity index is 978. The molecule has 1 N–H and O–H groups in total. The number of para-hydroxylation sites is 1. The summed E-state index contributed by atoms with van der Waals surface area (Å²) in [6, 6.07) is 14.3. The number of halogens is 3. The summed E-state index contributed by atoms with van der Waals surface area (Å²) >= 11 is 0. The monoisotopic (exact) mass is 417 g/mol. The van der Waals surface area contributed by atoms with Crippen molar-refractivity contribution < 1.29 is 18.3 Å². The summed E-state index contributed by atoms with van der Waals surface area (Å²) in [7, 11) is 0. The standard InChI is InChI=1S/C23H24F3NO.C2H6/c1-15-8-9-16(2)20(12-15)17(3)13-22(28,23(24,25)26)14-18-10-11-27-21-7-5-4-6-19(18)21;1-2/h4-12,17,28H,13-14H2,1-3H3;1-2H3. The molecule has 3 rings (SSSR count). The first-order chi connectivity index (χ1) is 14.1. The van der Waals surface area contributed by atoms with Gasteiger partial charge in [0.15, 0.2) is 5.60 Å². The zero-order chi connectivity index (χ0) is 22.5. The Balaban J connectivity index is 0.00000155. The molecule has 30 heavy (non-hydrogen) atoms. The molecule has 2 unspecified atom stereocenters. The van der Waals surface area contributed by atoms with E-state index in [0.717, 1.165) is 16.7 Å². The summed E-state index contributed by atoms with van der Waals surface area (Å²) in [6.45, 7) is 9.53. The van der Waals surface area contributed by atoms with E-state index in [1.807, 2.05) is 45.9 Å². The minimum Gasteiger partial charge on any atom is -0.380 e. The number of nitrogens with zero attached hydrogens (tertiary/aromatic N) is 1. The van der Waals surface area contributed by atoms with Gasteiger partial charge in [0.25, 0.3) is 0 Å². The van der Waals surface area contributed by atoms with Gasteiger partial charge in [0.1, 0.15) is 0 Å². The van der Waals surface area contributed by atoms with Gasteiger partial charge in [0, 0.05) is 18.0 Å². The summed E-state index contributed by atoms with van der Waals surface area (Å²) in [5.74, 6) is -0.445. The molecule has 1 heterocycles. The molecule has 162 valence electrons. The molecule has 2 nitrogen and oxygen atoms in total. The summed E-state index contributed by atoms with van der Waals surface area (Å²) < 4.78 is 41.9. The van der Waals surface area contributed by atoms with E-state index in [0.29, 0.717) is 16.5 Å². The number of fused-ring (bicyclic) bond motifs is 1. The Morgan fingerprint density at radius 3 is 2.33 bits per heavy atom. The van der Waals surface area contributed by atoms with Gasteiger partial charge in [-0.25, -0.2) is 0 Å². The van der Waals surface area contributed by atoms with Crippen LogP contribution in [-0.2, 0) is 6.42 Å². The summed E-state index contributed by atoms with van der Waals surface area (Å²) in [5.41, 5.74) is 0.986. The SMILES string of the molecule is CC.Cc1ccc(C)c(C(C)CC(O)(Cc2ccnc3ccccc23)C(F)(F)F)c1. The van der Waals surface area contributed by atoms with Crippen LogP contribution in [0, 0.1) is 13.8 Å². The van der Waals surface area contributed by atoms with Crippen molar-refractivity contribution in [1.29, 1.82) is 0 Å². The lowest BCUT2D eigenvalue weighted by molar-refractivity contribution is -0.263. The van der Waals surface area contributed by atoms with E-state index in [9.17, 15) is 18.3 Å². The van der Waals surface area contributed by atoms with Gasteiger partial charge < -0.3 is 5.11 Å². The minimum absolute atomic E-state index is 0.405. The molecule has 0 aliphatic heterocycles. The van der Waals surface area contributed by atoms with Gasteiger partial charge in [-0.05, 0) is 55.0 Å². The number of alkyl halides is 3. The van der Waals surface area contributed by atoms with E-state index in [1.165, 1.54) is 6.20 Å². The fraction of sp³-hybridized carbons (Fsp3) is 0.400. The van der Waals surface area contributed by atoms with Crippen LogP contribution in [0.4, 0.5) is 13.2 Å². The second-order valence-electron chi connectivity index (χ2n) is 7.66. The molecule has 0 radical (unpaired) electrons. The van der Waals surface area contributed by atoms with Gasteiger partial charge in [-0.2, -0.15) is 13.2 Å². The first kappa shape index (κ1) is 23.9. The normalized spacial score (nSPS) is 14.6. The van der Waals surface area contributed by atoms with Crippen LogP contribution in [0.1, 0.15) is 55.4 Å². The Labute approximate surface area is 176 Å². The lowest BCUT2D eigenvalue weighted by atomic mass is 9.80. The van der Waals surface area contributed by atoms with E-state index in [2.05, 4.69) is 4.98 Å². The van der Waals surface area contributed by atoms with Gasteiger partial charge in [0.2, 0.25) is 0 Å². The topological polar surface area (TPSA) is 33.1 Å². The number of aromatic nitrogens is 1. The first-order valence-corrected chi connectivity index (χ1v) is 10.3. The van der Waals surface area contributed by atoms with Crippen LogP contribution in [0.25, 0.3) is 10.9 Å². The highest BCUT2D eigenvalue weighted by atomic mass is 19.4. The lowest BCUT2D eigenvalue weighted by Gasteiger charge is -2.34. The highest BCUT2D eigenvalue weighted by Gasteiger charge is 2.54.